The summed E-state index contributed by atoms with van der Waals surface area (Å²) < 4.78 is 0. The number of hydrogen-bond acceptors (Lipinski definition) is 2. The summed E-state index contributed by atoms with van der Waals surface area (Å²) in [6.07, 6.45) is 2.04. The van der Waals surface area contributed by atoms with E-state index in [2.05, 4.69) is 5.32 Å². The normalized spacial score (nSPS) is 15.9. The lowest BCUT2D eigenvalue weighted by Crippen LogP contribution is -2.48. The summed E-state index contributed by atoms with van der Waals surface area (Å²) in [5.41, 5.74) is 0.335. The molecule has 0 radical (unpaired) electrons. The number of carbonyl (C=O) groups is 2. The molecule has 0 atom stereocenters. The molecule has 1 aliphatic rings. The van der Waals surface area contributed by atoms with E-state index in [4.69, 9.17) is 0 Å². The summed E-state index contributed by atoms with van der Waals surface area (Å²) in [6.45, 7) is 1.96. The summed E-state index contributed by atoms with van der Waals surface area (Å²) in [4.78, 5) is 24.3. The summed E-state index contributed by atoms with van der Waals surface area (Å²) >= 11 is 0. The number of carboxylic acid groups (broad SMARTS) is 1. The first-order valence-electron chi connectivity index (χ1n) is 8.62. The highest BCUT2D eigenvalue weighted by atomic mass is 16.4. The van der Waals surface area contributed by atoms with Crippen molar-refractivity contribution in [1.29, 1.82) is 0 Å². The minimum atomic E-state index is -0.891. The highest BCUT2D eigenvalue weighted by molar-refractivity contribution is 5.86. The molecule has 1 aliphatic carbocycles. The quantitative estimate of drug-likeness (QED) is 0.844. The van der Waals surface area contributed by atoms with Crippen LogP contribution in [-0.4, -0.2) is 17.0 Å². The Morgan fingerprint density at radius 3 is 1.84 bits per heavy atom. The zero-order chi connectivity index (χ0) is 17.9. The van der Waals surface area contributed by atoms with Crippen molar-refractivity contribution in [3.63, 3.8) is 0 Å². The zero-order valence-electron chi connectivity index (χ0n) is 14.4. The monoisotopic (exact) mass is 337 g/mol. The fourth-order valence-corrected chi connectivity index (χ4v) is 3.55. The number of aliphatic carboxylic acids is 1. The van der Waals surface area contributed by atoms with Crippen LogP contribution < -0.4 is 5.32 Å². The number of hydrogen-bond donors (Lipinski definition) is 2. The Bertz CT molecular complexity index is 712. The molecule has 1 fully saturated rings. The Hall–Kier alpha value is -2.62. The van der Waals surface area contributed by atoms with E-state index >= 15 is 0 Å². The van der Waals surface area contributed by atoms with Crippen molar-refractivity contribution in [1.82, 2.24) is 5.32 Å². The molecule has 0 spiro atoms. The van der Waals surface area contributed by atoms with E-state index in [1.54, 1.807) is 0 Å². The molecule has 2 aromatic carbocycles. The maximum Gasteiger partial charge on any atom is 0.310 e. The van der Waals surface area contributed by atoms with Gasteiger partial charge in [-0.25, -0.2) is 0 Å². The van der Waals surface area contributed by atoms with Crippen molar-refractivity contribution in [3.8, 4) is 0 Å². The van der Waals surface area contributed by atoms with Gasteiger partial charge < -0.3 is 10.4 Å². The van der Waals surface area contributed by atoms with Crippen molar-refractivity contribution in [2.75, 3.05) is 0 Å². The lowest BCUT2D eigenvalue weighted by atomic mass is 9.66. The third-order valence-corrected chi connectivity index (χ3v) is 5.35. The van der Waals surface area contributed by atoms with Crippen LogP contribution in [0.4, 0.5) is 0 Å². The van der Waals surface area contributed by atoms with Crippen LogP contribution in [0, 0.1) is 5.41 Å². The Labute approximate surface area is 147 Å². The van der Waals surface area contributed by atoms with Gasteiger partial charge in [0.15, 0.2) is 0 Å². The van der Waals surface area contributed by atoms with Crippen molar-refractivity contribution < 1.29 is 14.7 Å². The molecule has 4 heteroatoms. The third-order valence-electron chi connectivity index (χ3n) is 5.35. The Balaban J connectivity index is 1.88. The molecule has 3 rings (SSSR count). The SMILES string of the molecule is CC(NC(=O)CC1(C(=O)O)CCC1)(c1ccccc1)c1ccccc1. The second-order valence-electron chi connectivity index (χ2n) is 7.02. The van der Waals surface area contributed by atoms with E-state index in [9.17, 15) is 14.7 Å². The van der Waals surface area contributed by atoms with Crippen LogP contribution >= 0.6 is 0 Å². The second-order valence-corrected chi connectivity index (χ2v) is 7.02. The van der Waals surface area contributed by atoms with Gasteiger partial charge in [-0.3, -0.25) is 9.59 Å². The van der Waals surface area contributed by atoms with Gasteiger partial charge in [-0.15, -0.1) is 0 Å². The molecule has 4 nitrogen and oxygen atoms in total. The first-order chi connectivity index (χ1) is 12.0. The topological polar surface area (TPSA) is 66.4 Å². The van der Waals surface area contributed by atoms with E-state index in [0.717, 1.165) is 17.5 Å². The number of carbonyl (C=O) groups excluding carboxylic acids is 1. The molecule has 1 amide bonds. The van der Waals surface area contributed by atoms with Crippen LogP contribution in [0.25, 0.3) is 0 Å². The predicted molar refractivity (Wildman–Crippen MR) is 96.0 cm³/mol. The lowest BCUT2D eigenvalue weighted by molar-refractivity contribution is -0.157. The van der Waals surface area contributed by atoms with Gasteiger partial charge >= 0.3 is 5.97 Å². The molecule has 0 aliphatic heterocycles. The standard InChI is InChI=1S/C21H23NO3/c1-20(16-9-4-2-5-10-16,17-11-6-3-7-12-17)22-18(23)15-21(19(24)25)13-8-14-21/h2-7,9-12H,8,13-15H2,1H3,(H,22,23)(H,24,25). The third kappa shape index (κ3) is 3.29. The van der Waals surface area contributed by atoms with Crippen LogP contribution in [0.1, 0.15) is 43.7 Å². The molecule has 2 N–H and O–H groups in total. The maximum absolute atomic E-state index is 12.7. The largest absolute Gasteiger partial charge is 0.481 e. The summed E-state index contributed by atoms with van der Waals surface area (Å²) in [6, 6.07) is 19.5. The van der Waals surface area contributed by atoms with Crippen molar-refractivity contribution >= 4 is 11.9 Å². The van der Waals surface area contributed by atoms with Crippen LogP contribution in [0.2, 0.25) is 0 Å². The lowest BCUT2D eigenvalue weighted by Gasteiger charge is -2.39. The first kappa shape index (κ1) is 17.2. The van der Waals surface area contributed by atoms with Gasteiger partial charge in [0.2, 0.25) is 5.91 Å². The predicted octanol–water partition coefficient (Wildman–Crippen LogP) is 3.71. The number of nitrogens with one attached hydrogen (secondary N) is 1. The van der Waals surface area contributed by atoms with Crippen molar-refractivity contribution in [3.05, 3.63) is 71.8 Å². The molecule has 130 valence electrons. The maximum atomic E-state index is 12.7. The van der Waals surface area contributed by atoms with E-state index in [-0.39, 0.29) is 12.3 Å². The fourth-order valence-electron chi connectivity index (χ4n) is 3.55. The Morgan fingerprint density at radius 2 is 1.48 bits per heavy atom. The van der Waals surface area contributed by atoms with Crippen LogP contribution in [0.15, 0.2) is 60.7 Å². The van der Waals surface area contributed by atoms with Gasteiger partial charge in [-0.05, 0) is 30.9 Å². The van der Waals surface area contributed by atoms with Crippen molar-refractivity contribution in [2.24, 2.45) is 5.41 Å². The summed E-state index contributed by atoms with van der Waals surface area (Å²) in [5, 5.41) is 12.6. The van der Waals surface area contributed by atoms with Gasteiger partial charge in [0.1, 0.15) is 0 Å². The van der Waals surface area contributed by atoms with Gasteiger partial charge in [-0.1, -0.05) is 67.1 Å². The van der Waals surface area contributed by atoms with E-state index in [0.29, 0.717) is 12.8 Å². The van der Waals surface area contributed by atoms with Gasteiger partial charge in [0.05, 0.1) is 11.0 Å². The Morgan fingerprint density at radius 1 is 1.00 bits per heavy atom. The average Bonchev–Trinajstić information content (AvgIpc) is 2.59. The average molecular weight is 337 g/mol. The van der Waals surface area contributed by atoms with Crippen LogP contribution in [-0.2, 0) is 15.1 Å². The minimum Gasteiger partial charge on any atom is -0.481 e. The molecule has 0 aromatic heterocycles. The van der Waals surface area contributed by atoms with Gasteiger partial charge in [0, 0.05) is 6.42 Å². The molecule has 0 heterocycles. The number of rotatable bonds is 6. The summed E-state index contributed by atoms with van der Waals surface area (Å²) in [5.74, 6) is -1.09. The highest BCUT2D eigenvalue weighted by Gasteiger charge is 2.46. The molecule has 2 aromatic rings. The molecular weight excluding hydrogens is 314 g/mol. The van der Waals surface area contributed by atoms with Crippen LogP contribution in [0.5, 0.6) is 0 Å². The molecule has 0 bridgehead atoms. The van der Waals surface area contributed by atoms with E-state index < -0.39 is 16.9 Å². The molecular formula is C21H23NO3. The Kier molecular flexibility index (Phi) is 4.62. The second kappa shape index (κ2) is 6.71. The van der Waals surface area contributed by atoms with Gasteiger partial charge in [0.25, 0.3) is 0 Å². The first-order valence-corrected chi connectivity index (χ1v) is 8.62. The molecule has 0 unspecified atom stereocenters. The van der Waals surface area contributed by atoms with Crippen LogP contribution in [0.3, 0.4) is 0 Å². The van der Waals surface area contributed by atoms with Gasteiger partial charge in [-0.2, -0.15) is 0 Å². The highest BCUT2D eigenvalue weighted by Crippen LogP contribution is 2.44. The fraction of sp³-hybridized carbons (Fsp3) is 0.333. The zero-order valence-corrected chi connectivity index (χ0v) is 14.4. The summed E-state index contributed by atoms with van der Waals surface area (Å²) in [7, 11) is 0. The smallest absolute Gasteiger partial charge is 0.310 e. The molecule has 1 saturated carbocycles. The van der Waals surface area contributed by atoms with Crippen molar-refractivity contribution in [2.45, 2.75) is 38.1 Å². The number of benzene rings is 2. The van der Waals surface area contributed by atoms with E-state index in [1.807, 2.05) is 67.6 Å². The number of carboxylic acids is 1. The minimum absolute atomic E-state index is 0.0254. The van der Waals surface area contributed by atoms with E-state index in [1.165, 1.54) is 0 Å². The number of amides is 1. The molecule has 0 saturated heterocycles. The molecule has 25 heavy (non-hydrogen) atoms.